The molecule has 0 unspecified atom stereocenters. The summed E-state index contributed by atoms with van der Waals surface area (Å²) in [5, 5.41) is 7.04. The summed E-state index contributed by atoms with van der Waals surface area (Å²) >= 11 is 1.35. The van der Waals surface area contributed by atoms with Crippen LogP contribution < -0.4 is 10.1 Å². The fraction of sp³-hybridized carbons (Fsp3) is 0.304. The summed E-state index contributed by atoms with van der Waals surface area (Å²) in [6, 6.07) is 9.33. The van der Waals surface area contributed by atoms with Crippen LogP contribution in [0.15, 0.2) is 52.1 Å². The number of hydrogen-bond acceptors (Lipinski definition) is 8. The van der Waals surface area contributed by atoms with Crippen LogP contribution in [0.2, 0.25) is 0 Å². The lowest BCUT2D eigenvalue weighted by molar-refractivity contribution is -0.124. The van der Waals surface area contributed by atoms with E-state index in [1.807, 2.05) is 13.8 Å². The molecule has 11 heteroatoms. The monoisotopic (exact) mass is 491 g/mol. The molecular weight excluding hydrogens is 468 g/mol. The molecule has 1 aromatic carbocycles. The second-order valence-electron chi connectivity index (χ2n) is 7.15. The van der Waals surface area contributed by atoms with Crippen molar-refractivity contribution in [2.45, 2.75) is 37.7 Å². The summed E-state index contributed by atoms with van der Waals surface area (Å²) in [5.74, 6) is 0.182. The molecule has 34 heavy (non-hydrogen) atoms. The van der Waals surface area contributed by atoms with Gasteiger partial charge in [0.1, 0.15) is 16.5 Å². The Morgan fingerprint density at radius 1 is 1.18 bits per heavy atom. The van der Waals surface area contributed by atoms with Gasteiger partial charge in [-0.15, -0.1) is 11.8 Å². The maximum Gasteiger partial charge on any atom is 0.387 e. The smallest absolute Gasteiger partial charge is 0.387 e. The zero-order valence-corrected chi connectivity index (χ0v) is 19.4. The summed E-state index contributed by atoms with van der Waals surface area (Å²) in [5.41, 5.74) is 2.80. The molecule has 0 radical (unpaired) electrons. The fourth-order valence-corrected chi connectivity index (χ4v) is 4.09. The van der Waals surface area contributed by atoms with Gasteiger partial charge in [0.25, 0.3) is 5.91 Å². The van der Waals surface area contributed by atoms with Crippen molar-refractivity contribution >= 4 is 23.6 Å². The lowest BCUT2D eigenvalue weighted by Gasteiger charge is -2.09. The molecule has 0 aliphatic rings. The van der Waals surface area contributed by atoms with E-state index in [9.17, 15) is 18.4 Å². The van der Waals surface area contributed by atoms with Gasteiger partial charge in [-0.2, -0.15) is 8.78 Å². The van der Waals surface area contributed by atoms with E-state index in [1.54, 1.807) is 30.5 Å². The number of esters is 1. The number of amides is 1. The largest absolute Gasteiger partial charge is 0.452 e. The molecule has 0 saturated carbocycles. The molecular formula is C23H23F2N3O5S. The van der Waals surface area contributed by atoms with Crippen molar-refractivity contribution in [2.24, 2.45) is 0 Å². The number of alkyl halides is 2. The number of carbonyl (C=O) groups is 2. The summed E-state index contributed by atoms with van der Waals surface area (Å²) in [4.78, 5) is 28.8. The minimum atomic E-state index is -2.88. The Hall–Kier alpha value is -3.47. The molecule has 0 atom stereocenters. The summed E-state index contributed by atoms with van der Waals surface area (Å²) in [6.07, 6.45) is 2.05. The number of benzene rings is 1. The van der Waals surface area contributed by atoms with Crippen LogP contribution in [0.5, 0.6) is 5.75 Å². The third-order valence-electron chi connectivity index (χ3n) is 4.74. The van der Waals surface area contributed by atoms with Gasteiger partial charge in [0.2, 0.25) is 0 Å². The number of aryl methyl sites for hydroxylation is 2. The number of rotatable bonds is 11. The van der Waals surface area contributed by atoms with Crippen molar-refractivity contribution in [3.63, 3.8) is 0 Å². The number of nitrogens with zero attached hydrogens (tertiary/aromatic N) is 2. The topological polar surface area (TPSA) is 104 Å². The van der Waals surface area contributed by atoms with Gasteiger partial charge in [0.15, 0.2) is 6.61 Å². The third kappa shape index (κ3) is 7.27. The van der Waals surface area contributed by atoms with Gasteiger partial charge < -0.3 is 19.3 Å². The van der Waals surface area contributed by atoms with Gasteiger partial charge in [-0.3, -0.25) is 4.79 Å². The van der Waals surface area contributed by atoms with Gasteiger partial charge in [0.05, 0.1) is 11.3 Å². The summed E-state index contributed by atoms with van der Waals surface area (Å²) in [7, 11) is 0. The molecule has 180 valence electrons. The van der Waals surface area contributed by atoms with Crippen molar-refractivity contribution in [3.8, 4) is 5.75 Å². The molecule has 0 fully saturated rings. The van der Waals surface area contributed by atoms with E-state index in [0.717, 1.165) is 16.8 Å². The van der Waals surface area contributed by atoms with Crippen LogP contribution in [0.4, 0.5) is 8.78 Å². The van der Waals surface area contributed by atoms with Crippen LogP contribution in [-0.4, -0.2) is 41.8 Å². The zero-order chi connectivity index (χ0) is 24.5. The first kappa shape index (κ1) is 25.2. The number of pyridine rings is 1. The number of halogens is 2. The predicted octanol–water partition coefficient (Wildman–Crippen LogP) is 4.10. The van der Waals surface area contributed by atoms with Crippen LogP contribution in [-0.2, 0) is 21.7 Å². The average Bonchev–Trinajstić information content (AvgIpc) is 3.14. The lowest BCUT2D eigenvalue weighted by Crippen LogP contribution is -2.30. The Morgan fingerprint density at radius 2 is 1.94 bits per heavy atom. The molecule has 1 N–H and O–H groups in total. The third-order valence-corrected chi connectivity index (χ3v) is 5.78. The van der Waals surface area contributed by atoms with Crippen LogP contribution in [0.1, 0.15) is 32.9 Å². The Bertz CT molecular complexity index is 1100. The van der Waals surface area contributed by atoms with E-state index < -0.39 is 25.1 Å². The molecule has 0 saturated heterocycles. The van der Waals surface area contributed by atoms with Gasteiger partial charge in [-0.25, -0.2) is 9.78 Å². The Balaban J connectivity index is 1.45. The highest BCUT2D eigenvalue weighted by atomic mass is 32.2. The second kappa shape index (κ2) is 12.1. The van der Waals surface area contributed by atoms with Crippen LogP contribution >= 0.6 is 11.8 Å². The zero-order valence-electron chi connectivity index (χ0n) is 18.5. The first-order chi connectivity index (χ1) is 16.3. The molecule has 3 aromatic rings. The molecule has 2 heterocycles. The Labute approximate surface area is 199 Å². The van der Waals surface area contributed by atoms with E-state index in [-0.39, 0.29) is 17.9 Å². The molecule has 0 spiro atoms. The van der Waals surface area contributed by atoms with Crippen LogP contribution in [0.3, 0.4) is 0 Å². The molecule has 1 amide bonds. The first-order valence-corrected chi connectivity index (χ1v) is 11.3. The minimum absolute atomic E-state index is 0.0642. The number of aromatic nitrogens is 2. The number of ether oxygens (including phenoxy) is 2. The van der Waals surface area contributed by atoms with Crippen molar-refractivity contribution < 1.29 is 32.4 Å². The first-order valence-electron chi connectivity index (χ1n) is 10.3. The molecule has 3 rings (SSSR count). The predicted molar refractivity (Wildman–Crippen MR) is 120 cm³/mol. The van der Waals surface area contributed by atoms with E-state index in [2.05, 4.69) is 20.2 Å². The normalized spacial score (nSPS) is 10.9. The van der Waals surface area contributed by atoms with Gasteiger partial charge in [-0.1, -0.05) is 17.3 Å². The van der Waals surface area contributed by atoms with Crippen molar-refractivity contribution in [2.75, 3.05) is 13.2 Å². The molecule has 8 nitrogen and oxygen atoms in total. The van der Waals surface area contributed by atoms with Crippen molar-refractivity contribution in [3.05, 3.63) is 70.7 Å². The molecule has 2 aromatic heterocycles. The number of nitrogens with one attached hydrogen (secondary N) is 1. The number of thioether (sulfide) groups is 1. The van der Waals surface area contributed by atoms with E-state index in [1.165, 1.54) is 23.9 Å². The van der Waals surface area contributed by atoms with Crippen LogP contribution in [0, 0.1) is 13.8 Å². The molecule has 0 aliphatic carbocycles. The van der Waals surface area contributed by atoms with Crippen molar-refractivity contribution in [1.29, 1.82) is 0 Å². The molecule has 0 aliphatic heterocycles. The summed E-state index contributed by atoms with van der Waals surface area (Å²) < 4.78 is 39.0. The van der Waals surface area contributed by atoms with Gasteiger partial charge in [0, 0.05) is 24.1 Å². The maximum absolute atomic E-state index is 12.5. The second-order valence-corrected chi connectivity index (χ2v) is 8.11. The highest BCUT2D eigenvalue weighted by Gasteiger charge is 2.17. The number of hydrogen-bond donors (Lipinski definition) is 1. The standard InChI is InChI=1S/C23H23F2N3O5S/c1-14-19(15(2)33-28-14)13-34-21-18(4-3-10-27-21)22(30)31-12-20(29)26-11-9-16-5-7-17(8-6-16)32-23(24)25/h3-8,10,23H,9,11-13H2,1-2H3,(H,26,29). The quantitative estimate of drug-likeness (QED) is 0.316. The van der Waals surface area contributed by atoms with E-state index in [0.29, 0.717) is 23.0 Å². The lowest BCUT2D eigenvalue weighted by atomic mass is 10.1. The van der Waals surface area contributed by atoms with Crippen LogP contribution in [0.25, 0.3) is 0 Å². The Morgan fingerprint density at radius 3 is 2.62 bits per heavy atom. The minimum Gasteiger partial charge on any atom is -0.452 e. The van der Waals surface area contributed by atoms with Crippen molar-refractivity contribution in [1.82, 2.24) is 15.5 Å². The van der Waals surface area contributed by atoms with E-state index in [4.69, 9.17) is 9.26 Å². The Kier molecular flexibility index (Phi) is 8.97. The van der Waals surface area contributed by atoms with Gasteiger partial charge in [-0.05, 0) is 50.1 Å². The highest BCUT2D eigenvalue weighted by molar-refractivity contribution is 7.98. The molecule has 0 bridgehead atoms. The van der Waals surface area contributed by atoms with E-state index >= 15 is 0 Å². The highest BCUT2D eigenvalue weighted by Crippen LogP contribution is 2.27. The maximum atomic E-state index is 12.5. The fourth-order valence-electron chi connectivity index (χ4n) is 2.95. The SMILES string of the molecule is Cc1noc(C)c1CSc1ncccc1C(=O)OCC(=O)NCCc1ccc(OC(F)F)cc1. The van der Waals surface area contributed by atoms with Gasteiger partial charge >= 0.3 is 12.6 Å². The average molecular weight is 492 g/mol. The number of carbonyl (C=O) groups excluding carboxylic acids is 2. The summed E-state index contributed by atoms with van der Waals surface area (Å²) in [6.45, 7) is 0.630.